The third kappa shape index (κ3) is 3.39. The molecule has 1 aromatic carbocycles. The second-order valence-electron chi connectivity index (χ2n) is 5.03. The molecule has 1 heterocycles. The maximum atomic E-state index is 5.85. The summed E-state index contributed by atoms with van der Waals surface area (Å²) in [5.41, 5.74) is 8.28. The smallest absolute Gasteiger partial charge is 0.120 e. The van der Waals surface area contributed by atoms with E-state index in [1.54, 1.807) is 7.11 Å². The average molecular weight is 263 g/mol. The highest BCUT2D eigenvalue weighted by atomic mass is 16.5. The molecule has 0 atom stereocenters. The molecule has 4 heteroatoms. The van der Waals surface area contributed by atoms with E-state index < -0.39 is 0 Å². The van der Waals surface area contributed by atoms with Gasteiger partial charge in [-0.05, 0) is 24.6 Å². The van der Waals surface area contributed by atoms with Gasteiger partial charge < -0.3 is 15.4 Å². The number of hydrogen-bond acceptors (Lipinski definition) is 4. The Hall–Kier alpha value is -1.26. The van der Waals surface area contributed by atoms with Crippen LogP contribution in [0.3, 0.4) is 0 Å². The van der Waals surface area contributed by atoms with Gasteiger partial charge in [-0.2, -0.15) is 0 Å². The number of hydrogen-bond donors (Lipinski definition) is 1. The molecule has 106 valence electrons. The molecule has 0 aliphatic carbocycles. The van der Waals surface area contributed by atoms with Gasteiger partial charge in [-0.3, -0.25) is 4.90 Å². The van der Waals surface area contributed by atoms with Crippen molar-refractivity contribution in [1.82, 2.24) is 4.90 Å². The van der Waals surface area contributed by atoms with Crippen molar-refractivity contribution in [3.63, 3.8) is 0 Å². The highest BCUT2D eigenvalue weighted by molar-refractivity contribution is 5.57. The van der Waals surface area contributed by atoms with Gasteiger partial charge in [-0.1, -0.05) is 13.0 Å². The molecule has 1 aliphatic rings. The summed E-state index contributed by atoms with van der Waals surface area (Å²) >= 11 is 0. The Morgan fingerprint density at radius 3 is 2.53 bits per heavy atom. The first-order chi connectivity index (χ1) is 9.28. The van der Waals surface area contributed by atoms with Gasteiger partial charge in [0.05, 0.1) is 7.11 Å². The monoisotopic (exact) mass is 263 g/mol. The SMILES string of the molecule is CCCN1CCN(c2cc(OC)ccc2CN)CC1. The van der Waals surface area contributed by atoms with Gasteiger partial charge in [0.1, 0.15) is 5.75 Å². The van der Waals surface area contributed by atoms with E-state index in [4.69, 9.17) is 10.5 Å². The van der Waals surface area contributed by atoms with E-state index in [0.717, 1.165) is 31.9 Å². The second-order valence-corrected chi connectivity index (χ2v) is 5.03. The van der Waals surface area contributed by atoms with Crippen LogP contribution in [0.15, 0.2) is 18.2 Å². The molecule has 1 aromatic rings. The lowest BCUT2D eigenvalue weighted by molar-refractivity contribution is 0.258. The summed E-state index contributed by atoms with van der Waals surface area (Å²) in [7, 11) is 1.71. The van der Waals surface area contributed by atoms with Gasteiger partial charge in [0.15, 0.2) is 0 Å². The molecule has 2 N–H and O–H groups in total. The summed E-state index contributed by atoms with van der Waals surface area (Å²) in [6, 6.07) is 6.17. The second kappa shape index (κ2) is 6.78. The Balaban J connectivity index is 2.09. The molecule has 0 unspecified atom stereocenters. The lowest BCUT2D eigenvalue weighted by Crippen LogP contribution is -2.46. The van der Waals surface area contributed by atoms with E-state index in [1.807, 2.05) is 6.07 Å². The maximum Gasteiger partial charge on any atom is 0.120 e. The van der Waals surface area contributed by atoms with Crippen LogP contribution in [0.2, 0.25) is 0 Å². The molecule has 1 saturated heterocycles. The van der Waals surface area contributed by atoms with Crippen LogP contribution in [0.4, 0.5) is 5.69 Å². The highest BCUT2D eigenvalue weighted by Gasteiger charge is 2.18. The van der Waals surface area contributed by atoms with Crippen LogP contribution in [0.1, 0.15) is 18.9 Å². The van der Waals surface area contributed by atoms with Crippen LogP contribution in [0, 0.1) is 0 Å². The standard InChI is InChI=1S/C15H25N3O/c1-3-6-17-7-9-18(10-8-17)15-11-14(19-2)5-4-13(15)12-16/h4-5,11H,3,6-10,12,16H2,1-2H3. The molecule has 1 fully saturated rings. The lowest BCUT2D eigenvalue weighted by atomic mass is 10.1. The molecule has 0 amide bonds. The van der Waals surface area contributed by atoms with Crippen molar-refractivity contribution in [1.29, 1.82) is 0 Å². The zero-order valence-corrected chi connectivity index (χ0v) is 12.1. The molecule has 0 radical (unpaired) electrons. The largest absolute Gasteiger partial charge is 0.497 e. The molecule has 0 bridgehead atoms. The summed E-state index contributed by atoms with van der Waals surface area (Å²) in [5, 5.41) is 0. The van der Waals surface area contributed by atoms with Crippen LogP contribution in [-0.2, 0) is 6.54 Å². The molecule has 1 aliphatic heterocycles. The normalized spacial score (nSPS) is 16.7. The molecule has 0 aromatic heterocycles. The molecule has 0 spiro atoms. The molecule has 4 nitrogen and oxygen atoms in total. The molecule has 19 heavy (non-hydrogen) atoms. The zero-order chi connectivity index (χ0) is 13.7. The topological polar surface area (TPSA) is 41.7 Å². The summed E-state index contributed by atoms with van der Waals surface area (Å²) in [6.07, 6.45) is 1.23. The minimum absolute atomic E-state index is 0.578. The first-order valence-corrected chi connectivity index (χ1v) is 7.12. The molecular weight excluding hydrogens is 238 g/mol. The Morgan fingerprint density at radius 1 is 1.21 bits per heavy atom. The van der Waals surface area contributed by atoms with Gasteiger partial charge in [0, 0.05) is 44.5 Å². The molecule has 0 saturated carbocycles. The first-order valence-electron chi connectivity index (χ1n) is 7.12. The minimum Gasteiger partial charge on any atom is -0.497 e. The summed E-state index contributed by atoms with van der Waals surface area (Å²) < 4.78 is 5.33. The lowest BCUT2D eigenvalue weighted by Gasteiger charge is -2.37. The minimum atomic E-state index is 0.578. The summed E-state index contributed by atoms with van der Waals surface area (Å²) in [5.74, 6) is 0.906. The average Bonchev–Trinajstić information content (AvgIpc) is 2.47. The number of benzene rings is 1. The predicted molar refractivity (Wildman–Crippen MR) is 79.8 cm³/mol. The Labute approximate surface area is 116 Å². The van der Waals surface area contributed by atoms with E-state index in [2.05, 4.69) is 28.9 Å². The van der Waals surface area contributed by atoms with Gasteiger partial charge in [-0.15, -0.1) is 0 Å². The number of ether oxygens (including phenoxy) is 1. The van der Waals surface area contributed by atoms with E-state index >= 15 is 0 Å². The molecular formula is C15H25N3O. The van der Waals surface area contributed by atoms with Gasteiger partial charge >= 0.3 is 0 Å². The van der Waals surface area contributed by atoms with Crippen molar-refractivity contribution in [3.8, 4) is 5.75 Å². The third-order valence-corrected chi connectivity index (χ3v) is 3.77. The number of anilines is 1. The summed E-state index contributed by atoms with van der Waals surface area (Å²) in [6.45, 7) is 8.43. The molecule has 2 rings (SSSR count). The Kier molecular flexibility index (Phi) is 5.05. The quantitative estimate of drug-likeness (QED) is 0.878. The van der Waals surface area contributed by atoms with Crippen LogP contribution in [0.25, 0.3) is 0 Å². The van der Waals surface area contributed by atoms with Crippen LogP contribution >= 0.6 is 0 Å². The van der Waals surface area contributed by atoms with Crippen molar-refractivity contribution in [2.75, 3.05) is 44.7 Å². The number of rotatable bonds is 5. The third-order valence-electron chi connectivity index (χ3n) is 3.77. The van der Waals surface area contributed by atoms with E-state index in [9.17, 15) is 0 Å². The van der Waals surface area contributed by atoms with E-state index in [0.29, 0.717) is 6.54 Å². The zero-order valence-electron chi connectivity index (χ0n) is 12.1. The van der Waals surface area contributed by atoms with Gasteiger partial charge in [-0.25, -0.2) is 0 Å². The Bertz CT molecular complexity index is 400. The van der Waals surface area contributed by atoms with Crippen molar-refractivity contribution >= 4 is 5.69 Å². The number of piperazine rings is 1. The highest BCUT2D eigenvalue weighted by Crippen LogP contribution is 2.26. The van der Waals surface area contributed by atoms with Gasteiger partial charge in [0.2, 0.25) is 0 Å². The number of nitrogens with two attached hydrogens (primary N) is 1. The van der Waals surface area contributed by atoms with Crippen molar-refractivity contribution in [2.24, 2.45) is 5.73 Å². The maximum absolute atomic E-state index is 5.85. The first kappa shape index (κ1) is 14.2. The van der Waals surface area contributed by atoms with Crippen molar-refractivity contribution in [2.45, 2.75) is 19.9 Å². The Morgan fingerprint density at radius 2 is 1.95 bits per heavy atom. The fourth-order valence-corrected chi connectivity index (χ4v) is 2.67. The van der Waals surface area contributed by atoms with Crippen LogP contribution in [-0.4, -0.2) is 44.7 Å². The van der Waals surface area contributed by atoms with E-state index in [-0.39, 0.29) is 0 Å². The van der Waals surface area contributed by atoms with Crippen LogP contribution in [0.5, 0.6) is 5.75 Å². The fourth-order valence-electron chi connectivity index (χ4n) is 2.67. The van der Waals surface area contributed by atoms with Crippen LogP contribution < -0.4 is 15.4 Å². The van der Waals surface area contributed by atoms with Crippen molar-refractivity contribution in [3.05, 3.63) is 23.8 Å². The van der Waals surface area contributed by atoms with Gasteiger partial charge in [0.25, 0.3) is 0 Å². The summed E-state index contributed by atoms with van der Waals surface area (Å²) in [4.78, 5) is 4.95. The number of methoxy groups -OCH3 is 1. The van der Waals surface area contributed by atoms with Crippen molar-refractivity contribution < 1.29 is 4.74 Å². The van der Waals surface area contributed by atoms with E-state index in [1.165, 1.54) is 24.2 Å². The predicted octanol–water partition coefficient (Wildman–Crippen LogP) is 1.69. The number of nitrogens with zero attached hydrogens (tertiary/aromatic N) is 2. The fraction of sp³-hybridized carbons (Fsp3) is 0.600.